The van der Waals surface area contributed by atoms with Gasteiger partial charge in [0.1, 0.15) is 6.67 Å². The second-order valence-corrected chi connectivity index (χ2v) is 3.20. The predicted octanol–water partition coefficient (Wildman–Crippen LogP) is 3.82. The molecule has 0 nitrogen and oxygen atoms in total. The molecule has 2 aromatic rings. The summed E-state index contributed by atoms with van der Waals surface area (Å²) in [5.41, 5.74) is 2.93. The van der Waals surface area contributed by atoms with Crippen molar-refractivity contribution >= 4 is 0 Å². The Bertz CT molecular complexity index is 407. The van der Waals surface area contributed by atoms with Crippen LogP contribution in [0.3, 0.4) is 0 Å². The average Bonchev–Trinajstić information content (AvgIpc) is 2.30. The second-order valence-electron chi connectivity index (χ2n) is 3.20. The van der Waals surface area contributed by atoms with Crippen LogP contribution in [0.5, 0.6) is 0 Å². The zero-order chi connectivity index (χ0) is 9.80. The summed E-state index contributed by atoms with van der Waals surface area (Å²) >= 11 is 0. The van der Waals surface area contributed by atoms with Gasteiger partial charge in [0.15, 0.2) is 0 Å². The van der Waals surface area contributed by atoms with Crippen LogP contribution in [-0.4, -0.2) is 0 Å². The van der Waals surface area contributed by atoms with Crippen molar-refractivity contribution in [1.29, 1.82) is 0 Å². The molecule has 0 unspecified atom stereocenters. The molecule has 0 aliphatic heterocycles. The first kappa shape index (κ1) is 8.95. The van der Waals surface area contributed by atoms with Gasteiger partial charge in [-0.1, -0.05) is 48.5 Å². The Morgan fingerprint density at radius 3 is 2.21 bits per heavy atom. The summed E-state index contributed by atoms with van der Waals surface area (Å²) in [5.74, 6) is 0. The van der Waals surface area contributed by atoms with Gasteiger partial charge in [0, 0.05) is 0 Å². The molecule has 0 aliphatic carbocycles. The first-order chi connectivity index (χ1) is 6.90. The fraction of sp³-hybridized carbons (Fsp3) is 0.0769. The van der Waals surface area contributed by atoms with E-state index < -0.39 is 6.67 Å². The van der Waals surface area contributed by atoms with E-state index in [0.717, 1.165) is 16.7 Å². The molecule has 0 radical (unpaired) electrons. The van der Waals surface area contributed by atoms with Crippen LogP contribution < -0.4 is 0 Å². The van der Waals surface area contributed by atoms with Crippen molar-refractivity contribution in [2.75, 3.05) is 0 Å². The second kappa shape index (κ2) is 4.05. The largest absolute Gasteiger partial charge is 0.246 e. The van der Waals surface area contributed by atoms with Gasteiger partial charge in [-0.15, -0.1) is 0 Å². The highest BCUT2D eigenvalue weighted by molar-refractivity contribution is 5.63. The Balaban J connectivity index is 2.42. The van der Waals surface area contributed by atoms with E-state index in [9.17, 15) is 4.39 Å². The minimum Gasteiger partial charge on any atom is -0.246 e. The van der Waals surface area contributed by atoms with Gasteiger partial charge >= 0.3 is 0 Å². The maximum absolute atomic E-state index is 12.4. The van der Waals surface area contributed by atoms with Crippen molar-refractivity contribution in [3.63, 3.8) is 0 Å². The van der Waals surface area contributed by atoms with Crippen molar-refractivity contribution in [3.8, 4) is 11.1 Å². The molecule has 1 heteroatoms. The smallest absolute Gasteiger partial charge is 0.115 e. The van der Waals surface area contributed by atoms with Gasteiger partial charge in [-0.2, -0.15) is 0 Å². The predicted molar refractivity (Wildman–Crippen MR) is 56.7 cm³/mol. The molecule has 2 rings (SSSR count). The number of rotatable bonds is 2. The van der Waals surface area contributed by atoms with Crippen LogP contribution in [-0.2, 0) is 6.67 Å². The van der Waals surface area contributed by atoms with Crippen molar-refractivity contribution < 1.29 is 4.39 Å². The molecule has 0 saturated heterocycles. The molecular formula is C13H11F. The van der Waals surface area contributed by atoms with E-state index in [2.05, 4.69) is 0 Å². The van der Waals surface area contributed by atoms with E-state index in [4.69, 9.17) is 0 Å². The molecule has 14 heavy (non-hydrogen) atoms. The zero-order valence-electron chi connectivity index (χ0n) is 7.78. The van der Waals surface area contributed by atoms with Gasteiger partial charge in [-0.05, 0) is 22.8 Å². The van der Waals surface area contributed by atoms with Crippen molar-refractivity contribution in [3.05, 3.63) is 60.2 Å². The molecule has 0 amide bonds. The maximum Gasteiger partial charge on any atom is 0.115 e. The fourth-order valence-electron chi connectivity index (χ4n) is 1.46. The van der Waals surface area contributed by atoms with Crippen LogP contribution >= 0.6 is 0 Å². The summed E-state index contributed by atoms with van der Waals surface area (Å²) in [6.07, 6.45) is 0. The topological polar surface area (TPSA) is 0 Å². The van der Waals surface area contributed by atoms with Crippen LogP contribution in [0.1, 0.15) is 5.56 Å². The highest BCUT2D eigenvalue weighted by atomic mass is 19.1. The highest BCUT2D eigenvalue weighted by Crippen LogP contribution is 2.20. The number of hydrogen-bond acceptors (Lipinski definition) is 0. The van der Waals surface area contributed by atoms with Gasteiger partial charge in [-0.3, -0.25) is 0 Å². The molecule has 0 bridgehead atoms. The quantitative estimate of drug-likeness (QED) is 0.668. The van der Waals surface area contributed by atoms with Gasteiger partial charge in [0.05, 0.1) is 0 Å². The Labute approximate surface area is 83.0 Å². The number of hydrogen-bond donors (Lipinski definition) is 0. The van der Waals surface area contributed by atoms with E-state index in [0.29, 0.717) is 0 Å². The zero-order valence-corrected chi connectivity index (χ0v) is 7.78. The van der Waals surface area contributed by atoms with E-state index in [1.165, 1.54) is 0 Å². The molecule has 0 spiro atoms. The molecule has 70 valence electrons. The number of halogens is 1. The van der Waals surface area contributed by atoms with E-state index in [-0.39, 0.29) is 0 Å². The van der Waals surface area contributed by atoms with Crippen LogP contribution in [0.25, 0.3) is 11.1 Å². The third kappa shape index (κ3) is 1.82. The molecule has 0 N–H and O–H groups in total. The number of benzene rings is 2. The fourth-order valence-corrected chi connectivity index (χ4v) is 1.46. The van der Waals surface area contributed by atoms with Crippen LogP contribution in [0.4, 0.5) is 4.39 Å². The summed E-state index contributed by atoms with van der Waals surface area (Å²) in [5, 5.41) is 0. The summed E-state index contributed by atoms with van der Waals surface area (Å²) in [6.45, 7) is -0.402. The van der Waals surface area contributed by atoms with Gasteiger partial charge in [0.25, 0.3) is 0 Å². The number of alkyl halides is 1. The molecule has 0 aliphatic rings. The normalized spacial score (nSPS) is 10.1. The SMILES string of the molecule is FCc1cccc(-c2ccccc2)c1. The first-order valence-corrected chi connectivity index (χ1v) is 4.60. The lowest BCUT2D eigenvalue weighted by Crippen LogP contribution is -1.81. The molecular weight excluding hydrogens is 175 g/mol. The van der Waals surface area contributed by atoms with Gasteiger partial charge < -0.3 is 0 Å². The minimum absolute atomic E-state index is 0.402. The van der Waals surface area contributed by atoms with Crippen molar-refractivity contribution in [2.45, 2.75) is 6.67 Å². The maximum atomic E-state index is 12.4. The van der Waals surface area contributed by atoms with E-state index in [1.54, 1.807) is 6.07 Å². The molecule has 0 atom stereocenters. The monoisotopic (exact) mass is 186 g/mol. The van der Waals surface area contributed by atoms with Crippen LogP contribution in [0.2, 0.25) is 0 Å². The lowest BCUT2D eigenvalue weighted by Gasteiger charge is -2.02. The van der Waals surface area contributed by atoms with E-state index >= 15 is 0 Å². The Morgan fingerprint density at radius 1 is 0.786 bits per heavy atom. The van der Waals surface area contributed by atoms with Gasteiger partial charge in [-0.25, -0.2) is 4.39 Å². The average molecular weight is 186 g/mol. The molecule has 2 aromatic carbocycles. The van der Waals surface area contributed by atoms with E-state index in [1.807, 2.05) is 48.5 Å². The highest BCUT2D eigenvalue weighted by Gasteiger charge is 1.97. The minimum atomic E-state index is -0.402. The molecule has 0 saturated carbocycles. The van der Waals surface area contributed by atoms with Gasteiger partial charge in [0.2, 0.25) is 0 Å². The van der Waals surface area contributed by atoms with Crippen LogP contribution in [0.15, 0.2) is 54.6 Å². The summed E-state index contributed by atoms with van der Waals surface area (Å²) in [7, 11) is 0. The molecule has 0 aromatic heterocycles. The lowest BCUT2D eigenvalue weighted by atomic mass is 10.0. The third-order valence-electron chi connectivity index (χ3n) is 2.19. The lowest BCUT2D eigenvalue weighted by molar-refractivity contribution is 0.485. The molecule has 0 heterocycles. The Kier molecular flexibility index (Phi) is 2.59. The third-order valence-corrected chi connectivity index (χ3v) is 2.19. The summed E-state index contributed by atoms with van der Waals surface area (Å²) < 4.78 is 12.4. The Hall–Kier alpha value is -1.63. The van der Waals surface area contributed by atoms with Crippen molar-refractivity contribution in [2.24, 2.45) is 0 Å². The summed E-state index contributed by atoms with van der Waals surface area (Å²) in [6, 6.07) is 17.6. The Morgan fingerprint density at radius 2 is 1.50 bits per heavy atom. The summed E-state index contributed by atoms with van der Waals surface area (Å²) in [4.78, 5) is 0. The first-order valence-electron chi connectivity index (χ1n) is 4.60. The van der Waals surface area contributed by atoms with Crippen LogP contribution in [0, 0.1) is 0 Å². The molecule has 0 fully saturated rings. The van der Waals surface area contributed by atoms with Crippen molar-refractivity contribution in [1.82, 2.24) is 0 Å². The standard InChI is InChI=1S/C13H11F/c14-10-11-5-4-8-13(9-11)12-6-2-1-3-7-12/h1-9H,10H2.